The Morgan fingerprint density at radius 1 is 1.40 bits per heavy atom. The summed E-state index contributed by atoms with van der Waals surface area (Å²) < 4.78 is 11.1. The van der Waals surface area contributed by atoms with Crippen LogP contribution in [0.1, 0.15) is 21.9 Å². The molecule has 0 aliphatic carbocycles. The van der Waals surface area contributed by atoms with Crippen molar-refractivity contribution in [3.8, 4) is 0 Å². The number of hydrogen-bond donors (Lipinski definition) is 1. The molecule has 0 saturated carbocycles. The van der Waals surface area contributed by atoms with E-state index in [1.807, 2.05) is 13.0 Å². The molecule has 0 spiro atoms. The van der Waals surface area contributed by atoms with Gasteiger partial charge in [0.2, 0.25) is 0 Å². The second kappa shape index (κ2) is 6.89. The Hall–Kier alpha value is -2.32. The number of amides is 1. The summed E-state index contributed by atoms with van der Waals surface area (Å²) in [5, 5.41) is 7.01. The molecule has 2 aromatic rings. The zero-order valence-corrected chi connectivity index (χ0v) is 14.1. The van der Waals surface area contributed by atoms with Crippen LogP contribution in [0, 0.1) is 18.8 Å². The van der Waals surface area contributed by atoms with Crippen molar-refractivity contribution in [1.29, 1.82) is 0 Å². The fraction of sp³-hybridized carbons (Fsp3) is 0.529. The fourth-order valence-corrected chi connectivity index (χ4v) is 3.67. The molecular formula is C17H21N5O3. The molecule has 1 amide bonds. The monoisotopic (exact) mass is 343 g/mol. The van der Waals surface area contributed by atoms with Crippen LogP contribution in [0.4, 0.5) is 0 Å². The normalized spacial score (nSPS) is 25.9. The molecule has 1 N–H and O–H groups in total. The maximum absolute atomic E-state index is 12.1. The average Bonchev–Trinajstić information content (AvgIpc) is 3.30. The summed E-state index contributed by atoms with van der Waals surface area (Å²) in [6, 6.07) is 1.97. The third kappa shape index (κ3) is 3.54. The number of aryl methyl sites for hydroxylation is 1. The van der Waals surface area contributed by atoms with Gasteiger partial charge in [-0.25, -0.2) is 4.98 Å². The van der Waals surface area contributed by atoms with Crippen LogP contribution in [0.25, 0.3) is 0 Å². The van der Waals surface area contributed by atoms with Crippen molar-refractivity contribution in [3.05, 3.63) is 41.8 Å². The lowest BCUT2D eigenvalue weighted by molar-refractivity contribution is 0.0899. The van der Waals surface area contributed by atoms with Crippen LogP contribution in [0.2, 0.25) is 0 Å². The molecule has 0 bridgehead atoms. The van der Waals surface area contributed by atoms with Gasteiger partial charge in [0.1, 0.15) is 11.5 Å². The minimum Gasteiger partial charge on any atom is -0.376 e. The van der Waals surface area contributed by atoms with E-state index < -0.39 is 0 Å². The predicted octanol–water partition coefficient (Wildman–Crippen LogP) is 0.650. The lowest BCUT2D eigenvalue weighted by Gasteiger charge is -2.19. The number of nitrogens with one attached hydrogen (secondary N) is 1. The first-order valence-corrected chi connectivity index (χ1v) is 8.49. The fourth-order valence-electron chi connectivity index (χ4n) is 3.67. The van der Waals surface area contributed by atoms with E-state index in [-0.39, 0.29) is 12.0 Å². The summed E-state index contributed by atoms with van der Waals surface area (Å²) in [5.41, 5.74) is 1.29. The van der Waals surface area contributed by atoms with Gasteiger partial charge < -0.3 is 14.6 Å². The van der Waals surface area contributed by atoms with E-state index in [4.69, 9.17) is 9.26 Å². The molecule has 4 heterocycles. The van der Waals surface area contributed by atoms with Crippen molar-refractivity contribution in [3.63, 3.8) is 0 Å². The van der Waals surface area contributed by atoms with Crippen LogP contribution in [-0.4, -0.2) is 58.3 Å². The third-order valence-electron chi connectivity index (χ3n) is 4.90. The highest BCUT2D eigenvalue weighted by molar-refractivity contribution is 5.91. The summed E-state index contributed by atoms with van der Waals surface area (Å²) in [6.45, 7) is 5.79. The van der Waals surface area contributed by atoms with Gasteiger partial charge in [-0.3, -0.25) is 14.7 Å². The number of aromatic nitrogens is 3. The quantitative estimate of drug-likeness (QED) is 0.852. The van der Waals surface area contributed by atoms with Gasteiger partial charge in [-0.05, 0) is 6.92 Å². The lowest BCUT2D eigenvalue weighted by Crippen LogP contribution is -2.34. The summed E-state index contributed by atoms with van der Waals surface area (Å²) in [4.78, 5) is 22.4. The van der Waals surface area contributed by atoms with Crippen LogP contribution in [0.3, 0.4) is 0 Å². The van der Waals surface area contributed by atoms with Crippen molar-refractivity contribution in [2.75, 3.05) is 26.2 Å². The molecule has 2 aromatic heterocycles. The second-order valence-electron chi connectivity index (χ2n) is 6.72. The van der Waals surface area contributed by atoms with Gasteiger partial charge in [-0.2, -0.15) is 0 Å². The first-order chi connectivity index (χ1) is 12.2. The maximum Gasteiger partial charge on any atom is 0.271 e. The number of carbonyl (C=O) groups is 1. The zero-order chi connectivity index (χ0) is 17.2. The van der Waals surface area contributed by atoms with Gasteiger partial charge in [0, 0.05) is 56.5 Å². The van der Waals surface area contributed by atoms with Crippen LogP contribution < -0.4 is 5.32 Å². The molecule has 132 valence electrons. The second-order valence-corrected chi connectivity index (χ2v) is 6.72. The summed E-state index contributed by atoms with van der Waals surface area (Å²) in [6.07, 6.45) is 4.77. The van der Waals surface area contributed by atoms with Gasteiger partial charge in [-0.15, -0.1) is 0 Å². The molecule has 2 saturated heterocycles. The van der Waals surface area contributed by atoms with Gasteiger partial charge in [0.25, 0.3) is 5.91 Å². The molecule has 3 atom stereocenters. The third-order valence-corrected chi connectivity index (χ3v) is 4.90. The molecule has 8 heteroatoms. The molecule has 0 radical (unpaired) electrons. The topological polar surface area (TPSA) is 93.4 Å². The molecule has 8 nitrogen and oxygen atoms in total. The standard InChI is InChI=1S/C17H21N5O3/c1-11-4-13(21-25-11)7-22-8-14-12(10-24-16(14)9-22)5-20-17(23)15-6-18-2-3-19-15/h2-4,6,12,14,16H,5,7-10H2,1H3,(H,20,23)/t12-,14+,16+/m1/s1. The first kappa shape index (κ1) is 16.2. The smallest absolute Gasteiger partial charge is 0.271 e. The number of rotatable bonds is 5. The summed E-state index contributed by atoms with van der Waals surface area (Å²) >= 11 is 0. The Morgan fingerprint density at radius 2 is 2.32 bits per heavy atom. The molecule has 0 unspecified atom stereocenters. The molecular weight excluding hydrogens is 322 g/mol. The predicted molar refractivity (Wildman–Crippen MR) is 87.6 cm³/mol. The number of hydrogen-bond acceptors (Lipinski definition) is 7. The Morgan fingerprint density at radius 3 is 3.08 bits per heavy atom. The van der Waals surface area contributed by atoms with Gasteiger partial charge >= 0.3 is 0 Å². The van der Waals surface area contributed by atoms with E-state index in [0.717, 1.165) is 31.1 Å². The highest BCUT2D eigenvalue weighted by atomic mass is 16.5. The molecule has 2 fully saturated rings. The van der Waals surface area contributed by atoms with Crippen molar-refractivity contribution < 1.29 is 14.1 Å². The maximum atomic E-state index is 12.1. The highest BCUT2D eigenvalue weighted by Crippen LogP contribution is 2.34. The minimum absolute atomic E-state index is 0.190. The van der Waals surface area contributed by atoms with E-state index in [2.05, 4.69) is 25.3 Å². The Labute approximate surface area is 145 Å². The van der Waals surface area contributed by atoms with Gasteiger partial charge in [0.15, 0.2) is 0 Å². The summed E-state index contributed by atoms with van der Waals surface area (Å²) in [5.74, 6) is 1.38. The van der Waals surface area contributed by atoms with Crippen LogP contribution in [0.5, 0.6) is 0 Å². The van der Waals surface area contributed by atoms with Crippen LogP contribution in [-0.2, 0) is 11.3 Å². The molecule has 25 heavy (non-hydrogen) atoms. The van der Waals surface area contributed by atoms with Crippen molar-refractivity contribution in [2.45, 2.75) is 19.6 Å². The van der Waals surface area contributed by atoms with Crippen molar-refractivity contribution in [1.82, 2.24) is 25.3 Å². The SMILES string of the molecule is Cc1cc(CN2C[C@H]3[C@H](CNC(=O)c4cnccn4)CO[C@H]3C2)no1. The Bertz CT molecular complexity index is 735. The van der Waals surface area contributed by atoms with E-state index in [1.54, 1.807) is 6.20 Å². The van der Waals surface area contributed by atoms with Crippen LogP contribution >= 0.6 is 0 Å². The number of nitrogens with zero attached hydrogens (tertiary/aromatic N) is 4. The summed E-state index contributed by atoms with van der Waals surface area (Å²) in [7, 11) is 0. The van der Waals surface area contributed by atoms with Gasteiger partial charge in [0.05, 0.1) is 24.6 Å². The number of likely N-dealkylation sites (tertiary alicyclic amines) is 1. The van der Waals surface area contributed by atoms with Crippen molar-refractivity contribution in [2.24, 2.45) is 11.8 Å². The zero-order valence-electron chi connectivity index (χ0n) is 14.1. The number of fused-ring (bicyclic) bond motifs is 1. The Balaban J connectivity index is 1.30. The molecule has 0 aromatic carbocycles. The average molecular weight is 343 g/mol. The lowest BCUT2D eigenvalue weighted by atomic mass is 9.93. The van der Waals surface area contributed by atoms with Gasteiger partial charge in [-0.1, -0.05) is 5.16 Å². The molecule has 2 aliphatic rings. The first-order valence-electron chi connectivity index (χ1n) is 8.49. The van der Waals surface area contributed by atoms with E-state index in [0.29, 0.717) is 30.7 Å². The van der Waals surface area contributed by atoms with E-state index in [9.17, 15) is 4.79 Å². The highest BCUT2D eigenvalue weighted by Gasteiger charge is 2.43. The van der Waals surface area contributed by atoms with Crippen LogP contribution in [0.15, 0.2) is 29.2 Å². The number of ether oxygens (including phenoxy) is 1. The van der Waals surface area contributed by atoms with Crippen molar-refractivity contribution >= 4 is 5.91 Å². The largest absolute Gasteiger partial charge is 0.376 e. The molecule has 4 rings (SSSR count). The number of carbonyl (C=O) groups excluding carboxylic acids is 1. The molecule has 2 aliphatic heterocycles. The Kier molecular flexibility index (Phi) is 4.46. The van der Waals surface area contributed by atoms with E-state index >= 15 is 0 Å². The minimum atomic E-state index is -0.190. The van der Waals surface area contributed by atoms with E-state index in [1.165, 1.54) is 12.4 Å².